The van der Waals surface area contributed by atoms with Crippen molar-refractivity contribution < 1.29 is 17.5 Å². The van der Waals surface area contributed by atoms with Gasteiger partial charge in [-0.3, -0.25) is 9.78 Å². The van der Waals surface area contributed by atoms with Crippen molar-refractivity contribution in [3.8, 4) is 16.9 Å². The fourth-order valence-electron chi connectivity index (χ4n) is 3.14. The SMILES string of the molecule is COc1c(-c2cnn(C)c2)cc(Sc2ccc(S(C)(=O)=O)cc2F)nc1Nc1cc(C)[nH]n1. The Morgan fingerprint density at radius 2 is 2.03 bits per heavy atom. The van der Waals surface area contributed by atoms with E-state index in [2.05, 4.69) is 25.6 Å². The van der Waals surface area contributed by atoms with Crippen LogP contribution in [0.4, 0.5) is 16.0 Å². The largest absolute Gasteiger partial charge is 0.492 e. The standard InChI is InChI=1S/C21H21FN6O3S2/c1-12-7-18(27-26-12)24-21-20(31-3)15(13-10-23-28(2)11-13)9-19(25-21)32-17-6-5-14(8-16(17)22)33(4,29)30/h5-11H,1-4H3,(H2,24,25,26,27). The van der Waals surface area contributed by atoms with Gasteiger partial charge in [0.25, 0.3) is 0 Å². The normalized spacial score (nSPS) is 11.5. The van der Waals surface area contributed by atoms with Crippen molar-refractivity contribution in [2.24, 2.45) is 7.05 Å². The molecule has 0 fully saturated rings. The molecule has 0 atom stereocenters. The van der Waals surface area contributed by atoms with E-state index in [0.717, 1.165) is 35.3 Å². The van der Waals surface area contributed by atoms with Gasteiger partial charge in [0.15, 0.2) is 27.2 Å². The Balaban J connectivity index is 1.80. The fraction of sp³-hybridized carbons (Fsp3) is 0.190. The number of sulfone groups is 1. The third kappa shape index (κ3) is 5.01. The zero-order valence-electron chi connectivity index (χ0n) is 18.2. The summed E-state index contributed by atoms with van der Waals surface area (Å²) in [5, 5.41) is 14.9. The zero-order chi connectivity index (χ0) is 23.8. The summed E-state index contributed by atoms with van der Waals surface area (Å²) in [4.78, 5) is 4.76. The number of aryl methyl sites for hydroxylation is 2. The molecule has 0 unspecified atom stereocenters. The van der Waals surface area contributed by atoms with Gasteiger partial charge in [-0.15, -0.1) is 0 Å². The third-order valence-corrected chi connectivity index (χ3v) is 6.75. The maximum absolute atomic E-state index is 14.7. The first-order chi connectivity index (χ1) is 15.6. The summed E-state index contributed by atoms with van der Waals surface area (Å²) in [6.45, 7) is 1.87. The topological polar surface area (TPSA) is 115 Å². The van der Waals surface area contributed by atoms with Crippen LogP contribution in [-0.2, 0) is 16.9 Å². The molecule has 3 heterocycles. The number of halogens is 1. The molecule has 33 heavy (non-hydrogen) atoms. The van der Waals surface area contributed by atoms with Gasteiger partial charge in [-0.2, -0.15) is 10.2 Å². The number of rotatable bonds is 7. The Morgan fingerprint density at radius 3 is 2.61 bits per heavy atom. The number of aromatic nitrogens is 5. The summed E-state index contributed by atoms with van der Waals surface area (Å²) in [6.07, 6.45) is 4.56. The highest BCUT2D eigenvalue weighted by Gasteiger charge is 2.19. The first-order valence-electron chi connectivity index (χ1n) is 9.68. The third-order valence-electron chi connectivity index (χ3n) is 4.67. The lowest BCUT2D eigenvalue weighted by molar-refractivity contribution is 0.416. The van der Waals surface area contributed by atoms with E-state index in [1.807, 2.05) is 19.2 Å². The molecule has 4 aromatic rings. The van der Waals surface area contributed by atoms with E-state index in [1.165, 1.54) is 19.2 Å². The van der Waals surface area contributed by atoms with Gasteiger partial charge < -0.3 is 10.1 Å². The summed E-state index contributed by atoms with van der Waals surface area (Å²) in [5.41, 5.74) is 2.35. The van der Waals surface area contributed by atoms with Gasteiger partial charge in [-0.25, -0.2) is 17.8 Å². The van der Waals surface area contributed by atoms with E-state index in [1.54, 1.807) is 24.0 Å². The average molecular weight is 489 g/mol. The number of pyridine rings is 1. The monoisotopic (exact) mass is 488 g/mol. The number of ether oxygens (including phenoxy) is 1. The van der Waals surface area contributed by atoms with Crippen molar-refractivity contribution >= 4 is 33.2 Å². The molecule has 1 aromatic carbocycles. The molecule has 0 radical (unpaired) electrons. The molecule has 0 amide bonds. The van der Waals surface area contributed by atoms with Crippen LogP contribution in [0.15, 0.2) is 57.5 Å². The Morgan fingerprint density at radius 1 is 1.24 bits per heavy atom. The van der Waals surface area contributed by atoms with Gasteiger partial charge in [0.1, 0.15) is 10.8 Å². The molecule has 9 nitrogen and oxygen atoms in total. The average Bonchev–Trinajstić information content (AvgIpc) is 3.36. The second-order valence-electron chi connectivity index (χ2n) is 7.32. The van der Waals surface area contributed by atoms with Crippen LogP contribution >= 0.6 is 11.8 Å². The van der Waals surface area contributed by atoms with Crippen molar-refractivity contribution in [1.82, 2.24) is 25.0 Å². The molecule has 0 bridgehead atoms. The lowest BCUT2D eigenvalue weighted by Gasteiger charge is -2.15. The molecule has 0 aliphatic rings. The number of hydrogen-bond acceptors (Lipinski definition) is 8. The highest BCUT2D eigenvalue weighted by Crippen LogP contribution is 2.41. The minimum atomic E-state index is -3.51. The smallest absolute Gasteiger partial charge is 0.176 e. The van der Waals surface area contributed by atoms with Crippen LogP contribution in [0.3, 0.4) is 0 Å². The van der Waals surface area contributed by atoms with E-state index < -0.39 is 15.7 Å². The Bertz CT molecular complexity index is 1430. The van der Waals surface area contributed by atoms with E-state index in [4.69, 9.17) is 4.74 Å². The number of nitrogens with zero attached hydrogens (tertiary/aromatic N) is 4. The summed E-state index contributed by atoms with van der Waals surface area (Å²) < 4.78 is 45.5. The number of H-pyrrole nitrogens is 1. The van der Waals surface area contributed by atoms with E-state index >= 15 is 0 Å². The van der Waals surface area contributed by atoms with Crippen LogP contribution in [0.5, 0.6) is 5.75 Å². The summed E-state index contributed by atoms with van der Waals surface area (Å²) in [7, 11) is -0.176. The number of hydrogen-bond donors (Lipinski definition) is 2. The number of anilines is 2. The van der Waals surface area contributed by atoms with Gasteiger partial charge in [0, 0.05) is 47.3 Å². The molecule has 0 aliphatic heterocycles. The number of nitrogens with one attached hydrogen (secondary N) is 2. The highest BCUT2D eigenvalue weighted by atomic mass is 32.2. The molecular formula is C21H21FN6O3S2. The first-order valence-corrected chi connectivity index (χ1v) is 12.4. The Hall–Kier alpha value is -3.38. The second-order valence-corrected chi connectivity index (χ2v) is 10.4. The predicted molar refractivity (Wildman–Crippen MR) is 123 cm³/mol. The number of aromatic amines is 1. The molecule has 4 rings (SSSR count). The lowest BCUT2D eigenvalue weighted by atomic mass is 10.1. The van der Waals surface area contributed by atoms with Gasteiger partial charge in [-0.1, -0.05) is 11.8 Å². The molecule has 3 aromatic heterocycles. The Labute approximate surface area is 194 Å². The van der Waals surface area contributed by atoms with Crippen LogP contribution in [0.25, 0.3) is 11.1 Å². The van der Waals surface area contributed by atoms with Crippen molar-refractivity contribution in [1.29, 1.82) is 0 Å². The quantitative estimate of drug-likeness (QED) is 0.402. The van der Waals surface area contributed by atoms with Crippen molar-refractivity contribution in [3.05, 3.63) is 54.2 Å². The molecule has 0 spiro atoms. The van der Waals surface area contributed by atoms with Crippen LogP contribution in [0, 0.1) is 12.7 Å². The van der Waals surface area contributed by atoms with Crippen LogP contribution in [0.1, 0.15) is 5.69 Å². The number of benzene rings is 1. The minimum Gasteiger partial charge on any atom is -0.492 e. The van der Waals surface area contributed by atoms with Crippen molar-refractivity contribution in [2.45, 2.75) is 21.7 Å². The van der Waals surface area contributed by atoms with Crippen LogP contribution in [0.2, 0.25) is 0 Å². The highest BCUT2D eigenvalue weighted by molar-refractivity contribution is 7.99. The maximum Gasteiger partial charge on any atom is 0.176 e. The van der Waals surface area contributed by atoms with Gasteiger partial charge in [0.05, 0.1) is 18.2 Å². The minimum absolute atomic E-state index is 0.0839. The van der Waals surface area contributed by atoms with Crippen LogP contribution < -0.4 is 10.1 Å². The zero-order valence-corrected chi connectivity index (χ0v) is 19.9. The predicted octanol–water partition coefficient (Wildman–Crippen LogP) is 3.96. The summed E-state index contributed by atoms with van der Waals surface area (Å²) >= 11 is 1.07. The molecular weight excluding hydrogens is 467 g/mol. The molecule has 2 N–H and O–H groups in total. The first kappa shape index (κ1) is 22.8. The van der Waals surface area contributed by atoms with Gasteiger partial charge >= 0.3 is 0 Å². The second kappa shape index (κ2) is 8.87. The summed E-state index contributed by atoms with van der Waals surface area (Å²) in [6, 6.07) is 7.39. The fourth-order valence-corrected chi connectivity index (χ4v) is 4.60. The van der Waals surface area contributed by atoms with E-state index in [-0.39, 0.29) is 9.79 Å². The van der Waals surface area contributed by atoms with Crippen LogP contribution in [-0.4, -0.2) is 46.7 Å². The lowest BCUT2D eigenvalue weighted by Crippen LogP contribution is -2.01. The van der Waals surface area contributed by atoms with Gasteiger partial charge in [-0.05, 0) is 31.2 Å². The summed E-state index contributed by atoms with van der Waals surface area (Å²) in [5.74, 6) is 0.754. The molecule has 0 aliphatic carbocycles. The molecule has 12 heteroatoms. The van der Waals surface area contributed by atoms with E-state index in [9.17, 15) is 12.8 Å². The van der Waals surface area contributed by atoms with Crippen molar-refractivity contribution in [2.75, 3.05) is 18.7 Å². The van der Waals surface area contributed by atoms with Gasteiger partial charge in [0.2, 0.25) is 0 Å². The van der Waals surface area contributed by atoms with Crippen molar-refractivity contribution in [3.63, 3.8) is 0 Å². The molecule has 0 saturated carbocycles. The Kier molecular flexibility index (Phi) is 6.13. The molecule has 172 valence electrons. The number of methoxy groups -OCH3 is 1. The van der Waals surface area contributed by atoms with E-state index in [0.29, 0.717) is 28.0 Å². The maximum atomic E-state index is 14.7. The molecule has 0 saturated heterocycles.